The highest BCUT2D eigenvalue weighted by Crippen LogP contribution is 2.24. The Bertz CT molecular complexity index is 1010. The summed E-state index contributed by atoms with van der Waals surface area (Å²) in [4.78, 5) is 27.8. The van der Waals surface area contributed by atoms with E-state index in [-0.39, 0.29) is 5.91 Å². The van der Waals surface area contributed by atoms with Crippen molar-refractivity contribution in [3.63, 3.8) is 0 Å². The molecule has 2 heterocycles. The number of likely N-dealkylation sites (tertiary alicyclic amines) is 1. The highest BCUT2D eigenvalue weighted by molar-refractivity contribution is 5.95. The van der Waals surface area contributed by atoms with Crippen LogP contribution in [0.1, 0.15) is 48.2 Å². The predicted octanol–water partition coefficient (Wildman–Crippen LogP) is 3.36. The molecule has 0 bridgehead atoms. The maximum Gasteiger partial charge on any atom is 0.339 e. The fourth-order valence-electron chi connectivity index (χ4n) is 3.68. The minimum Gasteiger partial charge on any atom is -0.444 e. The minimum atomic E-state index is -0.955. The van der Waals surface area contributed by atoms with Gasteiger partial charge in [0.1, 0.15) is 5.52 Å². The van der Waals surface area contributed by atoms with E-state index in [1.54, 1.807) is 27.8 Å². The van der Waals surface area contributed by atoms with Crippen LogP contribution in [0.4, 0.5) is 0 Å². The van der Waals surface area contributed by atoms with Gasteiger partial charge in [-0.05, 0) is 44.4 Å². The molecule has 1 amide bonds. The highest BCUT2D eigenvalue weighted by Gasteiger charge is 2.30. The number of piperidine rings is 1. The molecule has 0 radical (unpaired) electrons. The lowest BCUT2D eigenvalue weighted by Gasteiger charge is -2.30. The van der Waals surface area contributed by atoms with Crippen molar-refractivity contribution in [1.82, 2.24) is 19.9 Å². The first-order chi connectivity index (χ1) is 14.2. The summed E-state index contributed by atoms with van der Waals surface area (Å²) in [6, 6.07) is 14.3. The fourth-order valence-corrected chi connectivity index (χ4v) is 3.68. The van der Waals surface area contributed by atoms with Crippen LogP contribution < -0.4 is 0 Å². The molecule has 1 aliphatic heterocycles. The number of hydrogen-bond acceptors (Lipinski definition) is 5. The van der Waals surface area contributed by atoms with Gasteiger partial charge in [0.05, 0.1) is 11.1 Å². The molecule has 150 valence electrons. The van der Waals surface area contributed by atoms with Crippen molar-refractivity contribution < 1.29 is 14.3 Å². The lowest BCUT2D eigenvalue weighted by Crippen LogP contribution is -2.40. The van der Waals surface area contributed by atoms with Crippen molar-refractivity contribution in [2.24, 2.45) is 0 Å². The maximum absolute atomic E-state index is 13.1. The van der Waals surface area contributed by atoms with Crippen LogP contribution in [0.25, 0.3) is 11.0 Å². The molecule has 2 aromatic carbocycles. The van der Waals surface area contributed by atoms with E-state index in [4.69, 9.17) is 4.74 Å². The number of esters is 1. The van der Waals surface area contributed by atoms with E-state index in [2.05, 4.69) is 10.3 Å². The maximum atomic E-state index is 13.1. The third-order valence-corrected chi connectivity index (χ3v) is 5.27. The number of aryl methyl sites for hydroxylation is 1. The van der Waals surface area contributed by atoms with Crippen molar-refractivity contribution in [1.29, 1.82) is 0 Å². The van der Waals surface area contributed by atoms with E-state index < -0.39 is 12.1 Å². The third-order valence-electron chi connectivity index (χ3n) is 5.27. The number of fused-ring (bicyclic) bond motifs is 1. The number of nitrogens with zero attached hydrogens (tertiary/aromatic N) is 4. The minimum absolute atomic E-state index is 0.165. The van der Waals surface area contributed by atoms with Gasteiger partial charge in [-0.25, -0.2) is 9.48 Å². The number of amides is 1. The second-order valence-electron chi connectivity index (χ2n) is 7.19. The molecule has 1 saturated heterocycles. The highest BCUT2D eigenvalue weighted by atomic mass is 16.5. The summed E-state index contributed by atoms with van der Waals surface area (Å²) in [6.45, 7) is 4.07. The first-order valence-electron chi connectivity index (χ1n) is 10.1. The van der Waals surface area contributed by atoms with Crippen LogP contribution >= 0.6 is 0 Å². The van der Waals surface area contributed by atoms with Gasteiger partial charge in [-0.1, -0.05) is 35.5 Å². The van der Waals surface area contributed by atoms with Crippen LogP contribution in [0.2, 0.25) is 0 Å². The van der Waals surface area contributed by atoms with Gasteiger partial charge in [0.2, 0.25) is 6.10 Å². The quantitative estimate of drug-likeness (QED) is 0.622. The summed E-state index contributed by atoms with van der Waals surface area (Å²) in [5.41, 5.74) is 2.51. The van der Waals surface area contributed by atoms with Crippen molar-refractivity contribution in [2.75, 3.05) is 13.1 Å². The molecule has 1 fully saturated rings. The van der Waals surface area contributed by atoms with E-state index in [0.717, 1.165) is 24.8 Å². The Hall–Kier alpha value is -3.22. The van der Waals surface area contributed by atoms with Crippen LogP contribution in [0.3, 0.4) is 0 Å². The molecule has 7 nitrogen and oxygen atoms in total. The Balaban J connectivity index is 1.59. The van der Waals surface area contributed by atoms with Gasteiger partial charge < -0.3 is 9.64 Å². The van der Waals surface area contributed by atoms with Crippen molar-refractivity contribution in [3.8, 4) is 0 Å². The van der Waals surface area contributed by atoms with Crippen molar-refractivity contribution in [2.45, 2.75) is 38.8 Å². The molecule has 0 aliphatic carbocycles. The van der Waals surface area contributed by atoms with Gasteiger partial charge in [-0.2, -0.15) is 0 Å². The average Bonchev–Trinajstić information content (AvgIpc) is 3.20. The normalized spacial score (nSPS) is 15.3. The number of carbonyl (C=O) groups excluding carboxylic acids is 2. The Kier molecular flexibility index (Phi) is 5.55. The zero-order valence-electron chi connectivity index (χ0n) is 16.5. The molecular formula is C22H24N4O3. The summed E-state index contributed by atoms with van der Waals surface area (Å²) in [5.74, 6) is -0.709. The second kappa shape index (κ2) is 8.43. The van der Waals surface area contributed by atoms with E-state index >= 15 is 0 Å². The summed E-state index contributed by atoms with van der Waals surface area (Å²) in [5, 5.41) is 8.17. The van der Waals surface area contributed by atoms with E-state index in [1.807, 2.05) is 37.3 Å². The van der Waals surface area contributed by atoms with Gasteiger partial charge in [0, 0.05) is 25.2 Å². The molecule has 0 spiro atoms. The molecule has 3 aromatic rings. The molecular weight excluding hydrogens is 368 g/mol. The zero-order valence-corrected chi connectivity index (χ0v) is 16.5. The number of benzene rings is 2. The number of carbonyl (C=O) groups is 2. The zero-order chi connectivity index (χ0) is 20.2. The van der Waals surface area contributed by atoms with Gasteiger partial charge in [0.25, 0.3) is 5.91 Å². The molecule has 0 N–H and O–H groups in total. The molecule has 1 aliphatic rings. The molecule has 7 heteroatoms. The average molecular weight is 392 g/mol. The Morgan fingerprint density at radius 2 is 1.83 bits per heavy atom. The lowest BCUT2D eigenvalue weighted by atomic mass is 10.1. The SMILES string of the molecule is CCn1nnc2cc(C(=O)O[C@@H](C(=O)N3CCCCC3)c3ccccc3)ccc21. The van der Waals surface area contributed by atoms with Gasteiger partial charge in [-0.3, -0.25) is 4.79 Å². The predicted molar refractivity (Wildman–Crippen MR) is 108 cm³/mol. The number of ether oxygens (including phenoxy) is 1. The number of rotatable bonds is 5. The van der Waals surface area contributed by atoms with Crippen molar-refractivity contribution >= 4 is 22.9 Å². The summed E-state index contributed by atoms with van der Waals surface area (Å²) < 4.78 is 7.50. The summed E-state index contributed by atoms with van der Waals surface area (Å²) >= 11 is 0. The lowest BCUT2D eigenvalue weighted by molar-refractivity contribution is -0.142. The summed E-state index contributed by atoms with van der Waals surface area (Å²) in [7, 11) is 0. The fraction of sp³-hybridized carbons (Fsp3) is 0.364. The summed E-state index contributed by atoms with van der Waals surface area (Å²) in [6.07, 6.45) is 2.12. The Labute approximate surface area is 169 Å². The number of hydrogen-bond donors (Lipinski definition) is 0. The smallest absolute Gasteiger partial charge is 0.339 e. The van der Waals surface area contributed by atoms with Crippen LogP contribution in [-0.4, -0.2) is 44.9 Å². The molecule has 1 aromatic heterocycles. The molecule has 0 unspecified atom stereocenters. The largest absolute Gasteiger partial charge is 0.444 e. The van der Waals surface area contributed by atoms with Gasteiger partial charge in [-0.15, -0.1) is 5.10 Å². The standard InChI is InChI=1S/C22H24N4O3/c1-2-26-19-12-11-17(15-18(19)23-24-26)22(28)29-20(16-9-5-3-6-10-16)21(27)25-13-7-4-8-14-25/h3,5-6,9-12,15,20H,2,4,7-8,13-14H2,1H3/t20-/m1/s1. The second-order valence-corrected chi connectivity index (χ2v) is 7.19. The topological polar surface area (TPSA) is 77.3 Å². The third kappa shape index (κ3) is 3.99. The monoisotopic (exact) mass is 392 g/mol. The molecule has 4 rings (SSSR count). The Morgan fingerprint density at radius 3 is 2.55 bits per heavy atom. The molecule has 0 saturated carbocycles. The molecule has 1 atom stereocenters. The first-order valence-corrected chi connectivity index (χ1v) is 10.1. The van der Waals surface area contributed by atoms with E-state index in [1.165, 1.54) is 0 Å². The van der Waals surface area contributed by atoms with Crippen molar-refractivity contribution in [3.05, 3.63) is 59.7 Å². The van der Waals surface area contributed by atoms with Crippen LogP contribution in [0, 0.1) is 0 Å². The van der Waals surface area contributed by atoms with Crippen LogP contribution in [0.15, 0.2) is 48.5 Å². The first kappa shape index (κ1) is 19.1. The molecule has 29 heavy (non-hydrogen) atoms. The Morgan fingerprint density at radius 1 is 1.07 bits per heavy atom. The van der Waals surface area contributed by atoms with E-state index in [9.17, 15) is 9.59 Å². The van der Waals surface area contributed by atoms with E-state index in [0.29, 0.717) is 36.3 Å². The number of aromatic nitrogens is 3. The van der Waals surface area contributed by atoms with Gasteiger partial charge >= 0.3 is 5.97 Å². The van der Waals surface area contributed by atoms with Crippen LogP contribution in [0.5, 0.6) is 0 Å². The van der Waals surface area contributed by atoms with Gasteiger partial charge in [0.15, 0.2) is 0 Å². The van der Waals surface area contributed by atoms with Crippen LogP contribution in [-0.2, 0) is 16.1 Å².